The number of ether oxygens (including phenoxy) is 2. The summed E-state index contributed by atoms with van der Waals surface area (Å²) in [5.74, 6) is 2.52. The first-order valence-corrected chi connectivity index (χ1v) is 11.3. The Balaban J connectivity index is 1.52. The van der Waals surface area contributed by atoms with Crippen molar-refractivity contribution in [1.82, 2.24) is 10.6 Å². The van der Waals surface area contributed by atoms with Gasteiger partial charge in [-0.05, 0) is 24.3 Å². The zero-order chi connectivity index (χ0) is 21.6. The lowest BCUT2D eigenvalue weighted by Gasteiger charge is -2.35. The molecule has 0 amide bonds. The molecule has 0 radical (unpaired) electrons. The summed E-state index contributed by atoms with van der Waals surface area (Å²) in [5, 5.41) is 9.26. The van der Waals surface area contributed by atoms with Gasteiger partial charge in [0.1, 0.15) is 11.5 Å². The van der Waals surface area contributed by atoms with Crippen molar-refractivity contribution in [3.05, 3.63) is 40.6 Å². The van der Waals surface area contributed by atoms with Gasteiger partial charge < -0.3 is 25.0 Å². The molecular formula is C23H34N4O2S. The second-order valence-electron chi connectivity index (χ2n) is 8.26. The fourth-order valence-corrected chi connectivity index (χ4v) is 4.55. The van der Waals surface area contributed by atoms with E-state index < -0.39 is 0 Å². The second-order valence-corrected chi connectivity index (χ2v) is 9.21. The van der Waals surface area contributed by atoms with Gasteiger partial charge in [-0.2, -0.15) is 0 Å². The van der Waals surface area contributed by atoms with Gasteiger partial charge in [-0.1, -0.05) is 19.9 Å². The predicted molar refractivity (Wildman–Crippen MR) is 127 cm³/mol. The van der Waals surface area contributed by atoms with Crippen LogP contribution in [0.1, 0.15) is 31.6 Å². The highest BCUT2D eigenvalue weighted by molar-refractivity contribution is 7.10. The number of hydrogen-bond acceptors (Lipinski definition) is 5. The van der Waals surface area contributed by atoms with E-state index in [0.29, 0.717) is 6.04 Å². The number of anilines is 1. The van der Waals surface area contributed by atoms with Crippen LogP contribution in [0, 0.1) is 0 Å². The molecule has 1 aliphatic heterocycles. The number of aliphatic imine (C=N–C) groups is 1. The zero-order valence-electron chi connectivity index (χ0n) is 18.7. The first kappa shape index (κ1) is 22.3. The fraction of sp³-hybridized carbons (Fsp3) is 0.522. The molecule has 1 aromatic heterocycles. The Hall–Kier alpha value is -2.41. The number of piperidine rings is 1. The number of rotatable bonds is 7. The van der Waals surface area contributed by atoms with E-state index in [-0.39, 0.29) is 5.41 Å². The van der Waals surface area contributed by atoms with Crippen molar-refractivity contribution in [2.24, 2.45) is 4.99 Å². The molecule has 30 heavy (non-hydrogen) atoms. The van der Waals surface area contributed by atoms with Crippen LogP contribution in [-0.4, -0.2) is 52.9 Å². The maximum absolute atomic E-state index is 5.42. The molecule has 2 heterocycles. The Morgan fingerprint density at radius 3 is 2.37 bits per heavy atom. The Morgan fingerprint density at radius 1 is 1.17 bits per heavy atom. The van der Waals surface area contributed by atoms with Crippen molar-refractivity contribution in [2.45, 2.75) is 38.1 Å². The lowest BCUT2D eigenvalue weighted by molar-refractivity contribution is 0.393. The molecule has 0 unspecified atom stereocenters. The smallest absolute Gasteiger partial charge is 0.191 e. The molecule has 164 valence electrons. The average molecular weight is 431 g/mol. The van der Waals surface area contributed by atoms with Crippen molar-refractivity contribution >= 4 is 23.0 Å². The van der Waals surface area contributed by atoms with Crippen molar-refractivity contribution in [1.29, 1.82) is 0 Å². The topological polar surface area (TPSA) is 58.1 Å². The van der Waals surface area contributed by atoms with Crippen LogP contribution < -0.4 is 25.0 Å². The minimum Gasteiger partial charge on any atom is -0.497 e. The number of guanidine groups is 1. The third kappa shape index (κ3) is 5.59. The van der Waals surface area contributed by atoms with Crippen LogP contribution in [0.2, 0.25) is 0 Å². The molecule has 1 fully saturated rings. The summed E-state index contributed by atoms with van der Waals surface area (Å²) < 4.78 is 10.8. The Morgan fingerprint density at radius 2 is 1.83 bits per heavy atom. The van der Waals surface area contributed by atoms with E-state index >= 15 is 0 Å². The zero-order valence-corrected chi connectivity index (χ0v) is 19.5. The minimum absolute atomic E-state index is 0.0700. The van der Waals surface area contributed by atoms with Crippen LogP contribution in [0.15, 0.2) is 40.7 Å². The first-order valence-electron chi connectivity index (χ1n) is 10.4. The summed E-state index contributed by atoms with van der Waals surface area (Å²) >= 11 is 1.80. The van der Waals surface area contributed by atoms with Gasteiger partial charge in [-0.3, -0.25) is 4.99 Å². The SMILES string of the molecule is CN=C(NCC(C)(C)c1cccs1)NC1CCN(c2cc(OC)cc(OC)c2)CC1. The van der Waals surface area contributed by atoms with E-state index in [0.717, 1.165) is 55.6 Å². The van der Waals surface area contributed by atoms with Crippen molar-refractivity contribution < 1.29 is 9.47 Å². The summed E-state index contributed by atoms with van der Waals surface area (Å²) in [6.45, 7) is 7.33. The van der Waals surface area contributed by atoms with E-state index in [1.807, 2.05) is 13.1 Å². The predicted octanol–water partition coefficient (Wildman–Crippen LogP) is 3.88. The summed E-state index contributed by atoms with van der Waals surface area (Å²) in [6, 6.07) is 10.8. The number of methoxy groups -OCH3 is 2. The van der Waals surface area contributed by atoms with Gasteiger partial charge in [0.05, 0.1) is 14.2 Å². The van der Waals surface area contributed by atoms with Crippen molar-refractivity contribution in [3.63, 3.8) is 0 Å². The molecule has 2 aromatic rings. The van der Waals surface area contributed by atoms with Crippen molar-refractivity contribution in [3.8, 4) is 11.5 Å². The standard InChI is InChI=1S/C23H34N4O2S/c1-23(2,21-7-6-12-30-21)16-25-22(24-3)26-17-8-10-27(11-9-17)18-13-19(28-4)15-20(14-18)29-5/h6-7,12-15,17H,8-11,16H2,1-5H3,(H2,24,25,26). The number of hydrogen-bond donors (Lipinski definition) is 2. The second kappa shape index (κ2) is 10.1. The maximum Gasteiger partial charge on any atom is 0.191 e. The maximum atomic E-state index is 5.42. The van der Waals surface area contributed by atoms with E-state index in [4.69, 9.17) is 9.47 Å². The van der Waals surface area contributed by atoms with Crippen LogP contribution >= 0.6 is 11.3 Å². The van der Waals surface area contributed by atoms with Gasteiger partial charge in [0, 0.05) is 66.9 Å². The quantitative estimate of drug-likeness (QED) is 0.516. The summed E-state index contributed by atoms with van der Waals surface area (Å²) in [4.78, 5) is 8.21. The first-order chi connectivity index (χ1) is 14.4. The molecule has 1 aromatic carbocycles. The summed E-state index contributed by atoms with van der Waals surface area (Å²) in [6.07, 6.45) is 2.10. The Bertz CT molecular complexity index is 805. The normalized spacial score (nSPS) is 15.8. The van der Waals surface area contributed by atoms with Crippen LogP contribution in [-0.2, 0) is 5.41 Å². The molecule has 1 saturated heterocycles. The monoisotopic (exact) mass is 430 g/mol. The highest BCUT2D eigenvalue weighted by Gasteiger charge is 2.24. The lowest BCUT2D eigenvalue weighted by Crippen LogP contribution is -2.50. The highest BCUT2D eigenvalue weighted by atomic mass is 32.1. The molecule has 2 N–H and O–H groups in total. The molecule has 0 spiro atoms. The highest BCUT2D eigenvalue weighted by Crippen LogP contribution is 2.30. The lowest BCUT2D eigenvalue weighted by atomic mass is 9.91. The van der Waals surface area contributed by atoms with Crippen LogP contribution in [0.3, 0.4) is 0 Å². The van der Waals surface area contributed by atoms with Gasteiger partial charge in [-0.15, -0.1) is 11.3 Å². The number of nitrogens with zero attached hydrogens (tertiary/aromatic N) is 2. The summed E-state index contributed by atoms with van der Waals surface area (Å²) in [5.41, 5.74) is 1.21. The molecule has 1 aliphatic rings. The molecule has 0 atom stereocenters. The molecule has 0 saturated carbocycles. The average Bonchev–Trinajstić information content (AvgIpc) is 3.32. The molecule has 0 aliphatic carbocycles. The van der Waals surface area contributed by atoms with Crippen LogP contribution in [0.5, 0.6) is 11.5 Å². The van der Waals surface area contributed by atoms with Gasteiger partial charge in [-0.25, -0.2) is 0 Å². The molecule has 7 heteroatoms. The number of benzene rings is 1. The minimum atomic E-state index is 0.0700. The number of thiophene rings is 1. The molecule has 3 rings (SSSR count). The van der Waals surface area contributed by atoms with Gasteiger partial charge >= 0.3 is 0 Å². The Labute approximate surface area is 184 Å². The number of nitrogens with one attached hydrogen (secondary N) is 2. The third-order valence-corrected chi connectivity index (χ3v) is 6.88. The van der Waals surface area contributed by atoms with Crippen LogP contribution in [0.4, 0.5) is 5.69 Å². The summed E-state index contributed by atoms with van der Waals surface area (Å²) in [7, 11) is 5.21. The van der Waals surface area contributed by atoms with E-state index in [9.17, 15) is 0 Å². The van der Waals surface area contributed by atoms with E-state index in [1.165, 1.54) is 4.88 Å². The molecule has 6 nitrogen and oxygen atoms in total. The van der Waals surface area contributed by atoms with Gasteiger partial charge in [0.2, 0.25) is 0 Å². The van der Waals surface area contributed by atoms with Gasteiger partial charge in [0.15, 0.2) is 5.96 Å². The van der Waals surface area contributed by atoms with E-state index in [2.05, 4.69) is 64.0 Å². The fourth-order valence-electron chi connectivity index (χ4n) is 3.70. The largest absolute Gasteiger partial charge is 0.497 e. The van der Waals surface area contributed by atoms with E-state index in [1.54, 1.807) is 25.6 Å². The van der Waals surface area contributed by atoms with Crippen molar-refractivity contribution in [2.75, 3.05) is 45.8 Å². The third-order valence-electron chi connectivity index (χ3n) is 5.65. The Kier molecular flexibility index (Phi) is 7.48. The molecule has 0 bridgehead atoms. The van der Waals surface area contributed by atoms with Crippen LogP contribution in [0.25, 0.3) is 0 Å². The molecular weight excluding hydrogens is 396 g/mol. The van der Waals surface area contributed by atoms with Gasteiger partial charge in [0.25, 0.3) is 0 Å².